The molecular weight excluding hydrogens is 430 g/mol. The molecule has 2 saturated heterocycles. The van der Waals surface area contributed by atoms with Crippen molar-refractivity contribution in [2.24, 2.45) is 5.41 Å². The van der Waals surface area contributed by atoms with E-state index in [2.05, 4.69) is 43.1 Å². The van der Waals surface area contributed by atoms with Crippen LogP contribution in [0, 0.1) is 5.41 Å². The van der Waals surface area contributed by atoms with Crippen molar-refractivity contribution in [2.45, 2.75) is 56.5 Å². The Morgan fingerprint density at radius 3 is 2.56 bits per heavy atom. The van der Waals surface area contributed by atoms with Gasteiger partial charge in [0.1, 0.15) is 11.9 Å². The maximum absolute atomic E-state index is 6.72. The van der Waals surface area contributed by atoms with Gasteiger partial charge >= 0.3 is 0 Å². The zero-order valence-electron chi connectivity index (χ0n) is 21.1. The molecule has 4 atom stereocenters. The van der Waals surface area contributed by atoms with Gasteiger partial charge in [-0.2, -0.15) is 0 Å². The lowest BCUT2D eigenvalue weighted by Crippen LogP contribution is -2.60. The van der Waals surface area contributed by atoms with Gasteiger partial charge in [-0.15, -0.1) is 0 Å². The maximum atomic E-state index is 6.72. The highest BCUT2D eigenvalue weighted by molar-refractivity contribution is 5.43. The van der Waals surface area contributed by atoms with E-state index in [1.165, 1.54) is 12.0 Å². The Morgan fingerprint density at radius 1 is 0.971 bits per heavy atom. The first-order chi connectivity index (χ1) is 16.4. The molecular formula is C28H37NO5. The molecule has 2 unspecified atom stereocenters. The van der Waals surface area contributed by atoms with Crippen molar-refractivity contribution in [2.75, 3.05) is 41.5 Å². The predicted molar refractivity (Wildman–Crippen MR) is 131 cm³/mol. The molecule has 34 heavy (non-hydrogen) atoms. The van der Waals surface area contributed by atoms with Crippen molar-refractivity contribution in [1.29, 1.82) is 0 Å². The van der Waals surface area contributed by atoms with E-state index in [0.717, 1.165) is 55.0 Å². The molecule has 2 aliphatic heterocycles. The highest BCUT2D eigenvalue weighted by Crippen LogP contribution is 2.60. The molecule has 3 fully saturated rings. The van der Waals surface area contributed by atoms with Gasteiger partial charge in [-0.3, -0.25) is 0 Å². The second-order valence-electron chi connectivity index (χ2n) is 10.4. The van der Waals surface area contributed by atoms with Gasteiger partial charge in [0.15, 0.2) is 17.3 Å². The summed E-state index contributed by atoms with van der Waals surface area (Å²) in [5, 5.41) is 0. The number of hydrogen-bond donors (Lipinski definition) is 0. The molecule has 0 amide bonds. The summed E-state index contributed by atoms with van der Waals surface area (Å²) in [7, 11) is 7.33. The molecule has 6 heteroatoms. The van der Waals surface area contributed by atoms with Crippen molar-refractivity contribution >= 4 is 0 Å². The standard InChI is InChI=1S/C28H37NO5/c1-26-19-28(33-18-25(34-28)21-7-6-8-22(16-21)30-3)12-11-27(26,13-14-29(26)2)17-20-9-10-23(31-4)24(15-20)32-5/h6-10,15-16,25H,11-14,17-19H2,1-5H3/t25?,26-,27-,28?/m0/s1. The van der Waals surface area contributed by atoms with Crippen molar-refractivity contribution in [3.63, 3.8) is 0 Å². The van der Waals surface area contributed by atoms with Gasteiger partial charge in [0.05, 0.1) is 27.9 Å². The monoisotopic (exact) mass is 467 g/mol. The van der Waals surface area contributed by atoms with Gasteiger partial charge in [-0.05, 0) is 80.6 Å². The molecule has 5 rings (SSSR count). The summed E-state index contributed by atoms with van der Waals surface area (Å²) in [6.07, 6.45) is 4.94. The quantitative estimate of drug-likeness (QED) is 0.596. The molecule has 0 bridgehead atoms. The molecule has 184 valence electrons. The average molecular weight is 468 g/mol. The lowest BCUT2D eigenvalue weighted by atomic mass is 9.58. The van der Waals surface area contributed by atoms with E-state index in [0.29, 0.717) is 6.61 Å². The van der Waals surface area contributed by atoms with Gasteiger partial charge in [0.25, 0.3) is 0 Å². The van der Waals surface area contributed by atoms with Gasteiger partial charge in [0.2, 0.25) is 0 Å². The van der Waals surface area contributed by atoms with Crippen LogP contribution >= 0.6 is 0 Å². The molecule has 1 aliphatic carbocycles. The zero-order chi connectivity index (χ0) is 24.0. The topological polar surface area (TPSA) is 49.4 Å². The summed E-state index contributed by atoms with van der Waals surface area (Å²) in [6.45, 7) is 4.07. The highest BCUT2D eigenvalue weighted by atomic mass is 16.7. The van der Waals surface area contributed by atoms with E-state index < -0.39 is 5.79 Å². The van der Waals surface area contributed by atoms with E-state index in [9.17, 15) is 0 Å². The highest BCUT2D eigenvalue weighted by Gasteiger charge is 2.63. The summed E-state index contributed by atoms with van der Waals surface area (Å²) in [5.41, 5.74) is 2.54. The average Bonchev–Trinajstić information content (AvgIpc) is 3.38. The van der Waals surface area contributed by atoms with Gasteiger partial charge in [-0.1, -0.05) is 18.2 Å². The molecule has 3 aliphatic rings. The SMILES string of the molecule is COc1cccc(C2COC3(CC[C@@]4(Cc5ccc(OC)c(OC)c5)CCN(C)[C@@]4(C)C3)O2)c1. The number of nitrogens with zero attached hydrogens (tertiary/aromatic N) is 1. The van der Waals surface area contributed by atoms with Crippen molar-refractivity contribution < 1.29 is 23.7 Å². The second-order valence-corrected chi connectivity index (χ2v) is 10.4. The molecule has 1 saturated carbocycles. The second kappa shape index (κ2) is 8.74. The largest absolute Gasteiger partial charge is 0.497 e. The summed E-state index contributed by atoms with van der Waals surface area (Å²) in [6, 6.07) is 14.5. The predicted octanol–water partition coefficient (Wildman–Crippen LogP) is 5.00. The third-order valence-corrected chi connectivity index (χ3v) is 8.82. The van der Waals surface area contributed by atoms with Crippen LogP contribution in [0.25, 0.3) is 0 Å². The Labute approximate surface area is 203 Å². The van der Waals surface area contributed by atoms with Crippen LogP contribution in [-0.4, -0.2) is 57.8 Å². The fraction of sp³-hybridized carbons (Fsp3) is 0.571. The fourth-order valence-corrected chi connectivity index (χ4v) is 6.60. The van der Waals surface area contributed by atoms with Gasteiger partial charge in [-0.25, -0.2) is 0 Å². The van der Waals surface area contributed by atoms with Crippen LogP contribution in [0.5, 0.6) is 17.2 Å². The molecule has 0 radical (unpaired) electrons. The maximum Gasteiger partial charge on any atom is 0.171 e. The van der Waals surface area contributed by atoms with Gasteiger partial charge in [0, 0.05) is 18.4 Å². The minimum absolute atomic E-state index is 0.0261. The first-order valence-electron chi connectivity index (χ1n) is 12.2. The number of ether oxygens (including phenoxy) is 5. The molecule has 0 aromatic heterocycles. The molecule has 6 nitrogen and oxygen atoms in total. The van der Waals surface area contributed by atoms with Crippen LogP contribution in [0.15, 0.2) is 42.5 Å². The Balaban J connectivity index is 1.39. The lowest BCUT2D eigenvalue weighted by Gasteiger charge is -2.55. The first-order valence-corrected chi connectivity index (χ1v) is 12.2. The van der Waals surface area contributed by atoms with Crippen LogP contribution in [0.1, 0.15) is 49.8 Å². The Bertz CT molecular complexity index is 1040. The first kappa shape index (κ1) is 23.5. The van der Waals surface area contributed by atoms with E-state index in [4.69, 9.17) is 23.7 Å². The molecule has 0 N–H and O–H groups in total. The van der Waals surface area contributed by atoms with Crippen LogP contribution in [-0.2, 0) is 15.9 Å². The van der Waals surface area contributed by atoms with E-state index >= 15 is 0 Å². The number of benzene rings is 2. The number of likely N-dealkylation sites (tertiary alicyclic amines) is 1. The van der Waals surface area contributed by atoms with E-state index in [-0.39, 0.29) is 17.1 Å². The summed E-state index contributed by atoms with van der Waals surface area (Å²) in [5.74, 6) is 1.87. The molecule has 2 aromatic rings. The van der Waals surface area contributed by atoms with Crippen molar-refractivity contribution in [1.82, 2.24) is 4.90 Å². The van der Waals surface area contributed by atoms with Crippen LogP contribution in [0.4, 0.5) is 0 Å². The van der Waals surface area contributed by atoms with Crippen LogP contribution in [0.3, 0.4) is 0 Å². The van der Waals surface area contributed by atoms with Crippen LogP contribution in [0.2, 0.25) is 0 Å². The normalized spacial score (nSPS) is 33.1. The lowest BCUT2D eigenvalue weighted by molar-refractivity contribution is -0.228. The smallest absolute Gasteiger partial charge is 0.171 e. The summed E-state index contributed by atoms with van der Waals surface area (Å²) >= 11 is 0. The van der Waals surface area contributed by atoms with Crippen molar-refractivity contribution in [3.05, 3.63) is 53.6 Å². The third kappa shape index (κ3) is 3.76. The number of methoxy groups -OCH3 is 3. The van der Waals surface area contributed by atoms with Crippen LogP contribution < -0.4 is 14.2 Å². The minimum atomic E-state index is -0.539. The summed E-state index contributed by atoms with van der Waals surface area (Å²) in [4.78, 5) is 2.53. The molecule has 1 spiro atoms. The minimum Gasteiger partial charge on any atom is -0.497 e. The van der Waals surface area contributed by atoms with Crippen molar-refractivity contribution in [3.8, 4) is 17.2 Å². The number of rotatable bonds is 6. The Hall–Kier alpha value is -2.28. The number of fused-ring (bicyclic) bond motifs is 1. The zero-order valence-corrected chi connectivity index (χ0v) is 21.1. The summed E-state index contributed by atoms with van der Waals surface area (Å²) < 4.78 is 29.7. The third-order valence-electron chi connectivity index (χ3n) is 8.82. The molecule has 2 aromatic carbocycles. The van der Waals surface area contributed by atoms with Gasteiger partial charge < -0.3 is 28.6 Å². The Kier molecular flexibility index (Phi) is 6.03. The van der Waals surface area contributed by atoms with E-state index in [1.54, 1.807) is 21.3 Å². The van der Waals surface area contributed by atoms with E-state index in [1.807, 2.05) is 18.2 Å². The molecule has 2 heterocycles. The Morgan fingerprint density at radius 2 is 1.79 bits per heavy atom. The number of hydrogen-bond acceptors (Lipinski definition) is 6. The fourth-order valence-electron chi connectivity index (χ4n) is 6.60.